The molecule has 2 amide bonds. The summed E-state index contributed by atoms with van der Waals surface area (Å²) in [5, 5.41) is 14.5. The molecule has 52 heavy (non-hydrogen) atoms. The predicted molar refractivity (Wildman–Crippen MR) is 200 cm³/mol. The molecule has 0 unspecified atom stereocenters. The van der Waals surface area contributed by atoms with Crippen molar-refractivity contribution in [2.45, 2.75) is 37.4 Å². The average molecular weight is 728 g/mol. The van der Waals surface area contributed by atoms with E-state index in [2.05, 4.69) is 14.9 Å². The van der Waals surface area contributed by atoms with E-state index in [9.17, 15) is 27.9 Å². The van der Waals surface area contributed by atoms with Gasteiger partial charge in [0, 0.05) is 29.9 Å². The second kappa shape index (κ2) is 18.6. The SMILES string of the molecule is CSCC[C@H](NC(=O)c1ccc(CN(Cc2ccccc2)c2ccc(S(=O)(=O)NC(=O)c3ccccc3)cc2)cc1-c1ccccc1C)C(=O)[O-].[Li+]. The van der Waals surface area contributed by atoms with Crippen LogP contribution in [0.15, 0.2) is 132 Å². The summed E-state index contributed by atoms with van der Waals surface area (Å²) in [5.41, 5.74) is 5.63. The number of carboxylic acids is 1. The van der Waals surface area contributed by atoms with Crippen molar-refractivity contribution < 1.29 is 46.8 Å². The first-order chi connectivity index (χ1) is 24.6. The first kappa shape index (κ1) is 40.0. The van der Waals surface area contributed by atoms with Crippen LogP contribution in [0.5, 0.6) is 0 Å². The smallest absolute Gasteiger partial charge is 0.548 e. The second-order valence-corrected chi connectivity index (χ2v) is 14.6. The Kier molecular flexibility index (Phi) is 14.3. The number of hydrogen-bond acceptors (Lipinski definition) is 8. The van der Waals surface area contributed by atoms with E-state index >= 15 is 0 Å². The number of amides is 2. The molecule has 9 nitrogen and oxygen atoms in total. The summed E-state index contributed by atoms with van der Waals surface area (Å²) in [6, 6.07) is 36.3. The van der Waals surface area contributed by atoms with Crippen molar-refractivity contribution >= 4 is 45.3 Å². The summed E-state index contributed by atoms with van der Waals surface area (Å²) in [6.45, 7) is 2.83. The Labute approximate surface area is 321 Å². The molecule has 5 aromatic carbocycles. The van der Waals surface area contributed by atoms with Crippen molar-refractivity contribution in [3.8, 4) is 11.1 Å². The number of carbonyl (C=O) groups excluding carboxylic acids is 3. The number of nitrogens with one attached hydrogen (secondary N) is 2. The molecule has 0 spiro atoms. The molecule has 1 atom stereocenters. The standard InChI is InChI=1S/C40H39N3O6S2.Li/c1-28-11-9-10-16-34(28)36-25-30(17-22-35(36)39(45)41-37(40(46)47)23-24-50-2)27-43(26-29-12-5-3-6-13-29)32-18-20-33(21-19-32)51(48,49)42-38(44)31-14-7-4-8-15-31;/h3-22,25,37H,23-24,26-27H2,1-2H3,(H,41,45)(H,42,44)(H,46,47);/q;+1/p-1/t37-;/m0./s1. The molecule has 2 N–H and O–H groups in total. The van der Waals surface area contributed by atoms with Crippen molar-refractivity contribution in [3.63, 3.8) is 0 Å². The van der Waals surface area contributed by atoms with Crippen LogP contribution < -0.4 is 38.9 Å². The minimum absolute atomic E-state index is 0. The Balaban J connectivity index is 0.00000605. The van der Waals surface area contributed by atoms with Gasteiger partial charge in [0.25, 0.3) is 21.8 Å². The van der Waals surface area contributed by atoms with Gasteiger partial charge in [-0.2, -0.15) is 11.8 Å². The number of hydrogen-bond donors (Lipinski definition) is 2. The number of rotatable bonds is 15. The van der Waals surface area contributed by atoms with E-state index in [0.29, 0.717) is 30.0 Å². The van der Waals surface area contributed by atoms with Gasteiger partial charge in [-0.05, 0) is 102 Å². The number of carbonyl (C=O) groups is 3. The predicted octanol–water partition coefficient (Wildman–Crippen LogP) is 2.59. The van der Waals surface area contributed by atoms with Crippen molar-refractivity contribution in [3.05, 3.63) is 155 Å². The molecular weight excluding hydrogens is 690 g/mol. The Bertz CT molecular complexity index is 2100. The molecule has 0 radical (unpaired) electrons. The van der Waals surface area contributed by atoms with Gasteiger partial charge in [-0.25, -0.2) is 13.1 Å². The van der Waals surface area contributed by atoms with Gasteiger partial charge in [0.05, 0.1) is 16.9 Å². The van der Waals surface area contributed by atoms with Gasteiger partial charge in [0.1, 0.15) is 0 Å². The molecule has 262 valence electrons. The molecule has 0 aliphatic heterocycles. The van der Waals surface area contributed by atoms with Crippen molar-refractivity contribution in [2.75, 3.05) is 16.9 Å². The first-order valence-corrected chi connectivity index (χ1v) is 19.1. The molecule has 0 saturated carbocycles. The van der Waals surface area contributed by atoms with E-state index in [-0.39, 0.29) is 35.7 Å². The van der Waals surface area contributed by atoms with Crippen LogP contribution in [-0.4, -0.2) is 44.3 Å². The van der Waals surface area contributed by atoms with Gasteiger partial charge >= 0.3 is 18.9 Å². The second-order valence-electron chi connectivity index (χ2n) is 12.0. The number of thioether (sulfide) groups is 1. The van der Waals surface area contributed by atoms with Crippen LogP contribution in [0.2, 0.25) is 0 Å². The van der Waals surface area contributed by atoms with Gasteiger partial charge in [-0.3, -0.25) is 9.59 Å². The van der Waals surface area contributed by atoms with E-state index in [0.717, 1.165) is 27.9 Å². The van der Waals surface area contributed by atoms with E-state index in [4.69, 9.17) is 0 Å². The van der Waals surface area contributed by atoms with Crippen molar-refractivity contribution in [1.29, 1.82) is 0 Å². The van der Waals surface area contributed by atoms with Crippen LogP contribution in [0.4, 0.5) is 5.69 Å². The summed E-state index contributed by atoms with van der Waals surface area (Å²) in [5.74, 6) is -2.01. The molecule has 0 aromatic heterocycles. The normalized spacial score (nSPS) is 11.5. The number of aryl methyl sites for hydroxylation is 1. The fourth-order valence-corrected chi connectivity index (χ4v) is 7.08. The van der Waals surface area contributed by atoms with E-state index in [1.165, 1.54) is 36.0 Å². The number of benzene rings is 5. The number of nitrogens with zero attached hydrogens (tertiary/aromatic N) is 1. The third kappa shape index (κ3) is 10.4. The maximum absolute atomic E-state index is 13.6. The van der Waals surface area contributed by atoms with Gasteiger partial charge in [-0.1, -0.05) is 78.9 Å². The van der Waals surface area contributed by atoms with Crippen molar-refractivity contribution in [2.24, 2.45) is 0 Å². The van der Waals surface area contributed by atoms with E-state index < -0.39 is 33.8 Å². The minimum Gasteiger partial charge on any atom is -0.548 e. The molecule has 0 heterocycles. The number of anilines is 1. The topological polar surface area (TPSA) is 136 Å². The maximum atomic E-state index is 13.6. The number of carboxylic acid groups (broad SMARTS) is 1. The van der Waals surface area contributed by atoms with E-state index in [1.807, 2.05) is 79.9 Å². The molecule has 0 saturated heterocycles. The van der Waals surface area contributed by atoms with Crippen LogP contribution in [0.25, 0.3) is 11.1 Å². The van der Waals surface area contributed by atoms with Crippen LogP contribution >= 0.6 is 11.8 Å². The zero-order valence-corrected chi connectivity index (χ0v) is 30.9. The van der Waals surface area contributed by atoms with Crippen LogP contribution in [0.3, 0.4) is 0 Å². The van der Waals surface area contributed by atoms with Crippen LogP contribution in [0, 0.1) is 6.92 Å². The van der Waals surface area contributed by atoms with Gasteiger partial charge < -0.3 is 20.1 Å². The summed E-state index contributed by atoms with van der Waals surface area (Å²) in [6.07, 6.45) is 2.11. The molecule has 5 aromatic rings. The average Bonchev–Trinajstić information content (AvgIpc) is 3.13. The third-order valence-corrected chi connectivity index (χ3v) is 10.3. The fraction of sp³-hybridized carbons (Fsp3) is 0.175. The maximum Gasteiger partial charge on any atom is 1.00 e. The molecule has 0 aliphatic rings. The van der Waals surface area contributed by atoms with Crippen molar-refractivity contribution in [1.82, 2.24) is 10.0 Å². The first-order valence-electron chi connectivity index (χ1n) is 16.3. The zero-order valence-electron chi connectivity index (χ0n) is 29.2. The summed E-state index contributed by atoms with van der Waals surface area (Å²) in [4.78, 5) is 40.1. The Morgan fingerprint density at radius 2 is 1.37 bits per heavy atom. The monoisotopic (exact) mass is 727 g/mol. The Morgan fingerprint density at radius 1 is 0.750 bits per heavy atom. The molecule has 0 aliphatic carbocycles. The number of aliphatic carboxylic acids is 1. The summed E-state index contributed by atoms with van der Waals surface area (Å²) >= 11 is 1.49. The summed E-state index contributed by atoms with van der Waals surface area (Å²) in [7, 11) is -4.14. The van der Waals surface area contributed by atoms with Gasteiger partial charge in [0.15, 0.2) is 0 Å². The number of sulfonamides is 1. The minimum atomic E-state index is -4.14. The van der Waals surface area contributed by atoms with Crippen LogP contribution in [-0.2, 0) is 27.9 Å². The van der Waals surface area contributed by atoms with E-state index in [1.54, 1.807) is 36.4 Å². The van der Waals surface area contributed by atoms with Gasteiger partial charge in [-0.15, -0.1) is 0 Å². The van der Waals surface area contributed by atoms with Gasteiger partial charge in [0.2, 0.25) is 0 Å². The molecular formula is C40H38LiN3O6S2. The molecule has 5 rings (SSSR count). The Morgan fingerprint density at radius 3 is 2.00 bits per heavy atom. The third-order valence-electron chi connectivity index (χ3n) is 8.33. The summed E-state index contributed by atoms with van der Waals surface area (Å²) < 4.78 is 28.3. The fourth-order valence-electron chi connectivity index (χ4n) is 5.63. The Hall–Kier alpha value is -4.79. The van der Waals surface area contributed by atoms with Crippen LogP contribution in [0.1, 0.15) is 43.8 Å². The molecule has 0 bridgehead atoms. The molecule has 12 heteroatoms. The quantitative estimate of drug-likeness (QED) is 0.157. The molecule has 0 fully saturated rings. The zero-order chi connectivity index (χ0) is 36.4. The largest absolute Gasteiger partial charge is 1.00 e.